The van der Waals surface area contributed by atoms with Gasteiger partial charge in [-0.15, -0.1) is 0 Å². The van der Waals surface area contributed by atoms with Crippen LogP contribution in [-0.4, -0.2) is 11.7 Å². The number of hydrogen-bond donors (Lipinski definition) is 1. The van der Waals surface area contributed by atoms with Gasteiger partial charge in [0.25, 0.3) is 5.91 Å². The first kappa shape index (κ1) is 13.5. The Morgan fingerprint density at radius 2 is 1.60 bits per heavy atom. The molecule has 0 aliphatic heterocycles. The predicted octanol–water partition coefficient (Wildman–Crippen LogP) is 3.01. The molecule has 0 aliphatic rings. The van der Waals surface area contributed by atoms with E-state index in [-0.39, 0.29) is 11.7 Å². The van der Waals surface area contributed by atoms with Crippen LogP contribution in [0, 0.1) is 11.3 Å². The molecule has 0 atom stereocenters. The number of ketones is 1. The van der Waals surface area contributed by atoms with Gasteiger partial charge in [0.1, 0.15) is 6.07 Å². The van der Waals surface area contributed by atoms with Crippen LogP contribution in [-0.2, 0) is 0 Å². The van der Waals surface area contributed by atoms with E-state index in [0.717, 1.165) is 0 Å². The fraction of sp³-hybridized carbons (Fsp3) is 0.0625. The first-order chi connectivity index (χ1) is 9.61. The molecule has 4 nitrogen and oxygen atoms in total. The lowest BCUT2D eigenvalue weighted by Gasteiger charge is -2.07. The first-order valence-corrected chi connectivity index (χ1v) is 6.03. The van der Waals surface area contributed by atoms with Crippen LogP contribution in [0.15, 0.2) is 48.5 Å². The second kappa shape index (κ2) is 5.81. The number of amides is 1. The van der Waals surface area contributed by atoms with E-state index in [1.54, 1.807) is 48.5 Å². The topological polar surface area (TPSA) is 70.0 Å². The number of nitrogens with zero attached hydrogens (tertiary/aromatic N) is 1. The molecule has 1 N–H and O–H groups in total. The van der Waals surface area contributed by atoms with E-state index >= 15 is 0 Å². The van der Waals surface area contributed by atoms with Gasteiger partial charge in [0.05, 0.1) is 11.3 Å². The highest BCUT2D eigenvalue weighted by Gasteiger charge is 2.09. The highest BCUT2D eigenvalue weighted by Crippen LogP contribution is 2.15. The average Bonchev–Trinajstić information content (AvgIpc) is 2.48. The third kappa shape index (κ3) is 2.90. The summed E-state index contributed by atoms with van der Waals surface area (Å²) in [7, 11) is 0. The molecule has 2 aromatic carbocycles. The Balaban J connectivity index is 2.20. The maximum Gasteiger partial charge on any atom is 0.255 e. The molecule has 0 saturated heterocycles. The molecule has 0 aliphatic carbocycles. The van der Waals surface area contributed by atoms with E-state index < -0.39 is 0 Å². The molecule has 0 bridgehead atoms. The molecular weight excluding hydrogens is 252 g/mol. The number of carbonyl (C=O) groups is 2. The summed E-state index contributed by atoms with van der Waals surface area (Å²) < 4.78 is 0. The molecule has 1 amide bonds. The van der Waals surface area contributed by atoms with Gasteiger partial charge in [-0.25, -0.2) is 0 Å². The van der Waals surface area contributed by atoms with Crippen molar-refractivity contribution < 1.29 is 9.59 Å². The highest BCUT2D eigenvalue weighted by atomic mass is 16.1. The Hall–Kier alpha value is -2.93. The zero-order valence-electron chi connectivity index (χ0n) is 10.9. The summed E-state index contributed by atoms with van der Waals surface area (Å²) in [5, 5.41) is 11.6. The summed E-state index contributed by atoms with van der Waals surface area (Å²) in [4.78, 5) is 23.2. The molecule has 0 saturated carbocycles. The van der Waals surface area contributed by atoms with Crippen molar-refractivity contribution in [2.45, 2.75) is 6.92 Å². The van der Waals surface area contributed by atoms with E-state index in [4.69, 9.17) is 5.26 Å². The van der Waals surface area contributed by atoms with Gasteiger partial charge in [-0.05, 0) is 31.2 Å². The lowest BCUT2D eigenvalue weighted by atomic mass is 10.1. The summed E-state index contributed by atoms with van der Waals surface area (Å²) >= 11 is 0. The molecule has 0 unspecified atom stereocenters. The van der Waals surface area contributed by atoms with Gasteiger partial charge in [-0.2, -0.15) is 5.26 Å². The van der Waals surface area contributed by atoms with Crippen molar-refractivity contribution in [1.82, 2.24) is 0 Å². The average molecular weight is 264 g/mol. The number of rotatable bonds is 3. The number of Topliss-reactive ketones (excluding diaryl/α,β-unsaturated/α-hetero) is 1. The molecular formula is C16H12N2O2. The van der Waals surface area contributed by atoms with Gasteiger partial charge in [0.2, 0.25) is 0 Å². The summed E-state index contributed by atoms with van der Waals surface area (Å²) in [5.41, 5.74) is 1.86. The van der Waals surface area contributed by atoms with Crippen LogP contribution in [0.1, 0.15) is 33.2 Å². The quantitative estimate of drug-likeness (QED) is 0.866. The number of anilines is 1. The minimum Gasteiger partial charge on any atom is -0.321 e. The molecule has 0 radical (unpaired) electrons. The van der Waals surface area contributed by atoms with Crippen LogP contribution in [0.4, 0.5) is 5.69 Å². The van der Waals surface area contributed by atoms with E-state index in [2.05, 4.69) is 5.32 Å². The number of para-hydroxylation sites is 1. The van der Waals surface area contributed by atoms with Crippen molar-refractivity contribution in [1.29, 1.82) is 5.26 Å². The van der Waals surface area contributed by atoms with Crippen LogP contribution >= 0.6 is 0 Å². The van der Waals surface area contributed by atoms with Gasteiger partial charge < -0.3 is 5.32 Å². The smallest absolute Gasteiger partial charge is 0.255 e. The fourth-order valence-corrected chi connectivity index (χ4v) is 1.74. The van der Waals surface area contributed by atoms with Crippen molar-refractivity contribution in [2.24, 2.45) is 0 Å². The van der Waals surface area contributed by atoms with E-state index in [9.17, 15) is 9.59 Å². The van der Waals surface area contributed by atoms with E-state index in [0.29, 0.717) is 22.4 Å². The summed E-state index contributed by atoms with van der Waals surface area (Å²) in [5.74, 6) is -0.366. The minimum absolute atomic E-state index is 0.0493. The Kier molecular flexibility index (Phi) is 3.92. The van der Waals surface area contributed by atoms with Crippen LogP contribution in [0.2, 0.25) is 0 Å². The van der Waals surface area contributed by atoms with Gasteiger partial charge in [-0.1, -0.05) is 24.3 Å². The SMILES string of the molecule is CC(=O)c1ccc(C(=O)Nc2ccccc2C#N)cc1. The van der Waals surface area contributed by atoms with Crippen molar-refractivity contribution in [3.8, 4) is 6.07 Å². The monoisotopic (exact) mass is 264 g/mol. The Morgan fingerprint density at radius 3 is 2.20 bits per heavy atom. The molecule has 0 fully saturated rings. The van der Waals surface area contributed by atoms with Gasteiger partial charge in [0.15, 0.2) is 5.78 Å². The van der Waals surface area contributed by atoms with Gasteiger partial charge in [-0.3, -0.25) is 9.59 Å². The molecule has 98 valence electrons. The van der Waals surface area contributed by atoms with Crippen molar-refractivity contribution in [3.05, 3.63) is 65.2 Å². The molecule has 4 heteroatoms. The van der Waals surface area contributed by atoms with E-state index in [1.807, 2.05) is 6.07 Å². The van der Waals surface area contributed by atoms with Gasteiger partial charge in [0, 0.05) is 11.1 Å². The molecule has 20 heavy (non-hydrogen) atoms. The Morgan fingerprint density at radius 1 is 1.00 bits per heavy atom. The van der Waals surface area contributed by atoms with Crippen LogP contribution in [0.25, 0.3) is 0 Å². The normalized spacial score (nSPS) is 9.60. The van der Waals surface area contributed by atoms with Crippen LogP contribution in [0.3, 0.4) is 0 Å². The number of carbonyl (C=O) groups excluding carboxylic acids is 2. The minimum atomic E-state index is -0.317. The molecule has 0 spiro atoms. The van der Waals surface area contributed by atoms with Crippen molar-refractivity contribution in [2.75, 3.05) is 5.32 Å². The molecule has 2 aromatic rings. The zero-order valence-corrected chi connectivity index (χ0v) is 10.9. The summed E-state index contributed by atoms with van der Waals surface area (Å²) in [6.07, 6.45) is 0. The number of nitrogens with one attached hydrogen (secondary N) is 1. The molecule has 0 heterocycles. The highest BCUT2D eigenvalue weighted by molar-refractivity contribution is 6.05. The predicted molar refractivity (Wildman–Crippen MR) is 75.6 cm³/mol. The fourth-order valence-electron chi connectivity index (χ4n) is 1.74. The van der Waals surface area contributed by atoms with Crippen LogP contribution in [0.5, 0.6) is 0 Å². The Bertz CT molecular complexity index is 697. The number of benzene rings is 2. The third-order valence-electron chi connectivity index (χ3n) is 2.85. The second-order valence-corrected chi connectivity index (χ2v) is 4.25. The van der Waals surface area contributed by atoms with E-state index in [1.165, 1.54) is 6.92 Å². The largest absolute Gasteiger partial charge is 0.321 e. The summed E-state index contributed by atoms with van der Waals surface area (Å²) in [6, 6.07) is 15.2. The third-order valence-corrected chi connectivity index (χ3v) is 2.85. The number of hydrogen-bond acceptors (Lipinski definition) is 3. The maximum absolute atomic E-state index is 12.1. The van der Waals surface area contributed by atoms with Crippen molar-refractivity contribution in [3.63, 3.8) is 0 Å². The lowest BCUT2D eigenvalue weighted by Crippen LogP contribution is -2.13. The maximum atomic E-state index is 12.1. The second-order valence-electron chi connectivity index (χ2n) is 4.25. The molecule has 2 rings (SSSR count). The lowest BCUT2D eigenvalue weighted by molar-refractivity contribution is 0.101. The standard InChI is InChI=1S/C16H12N2O2/c1-11(19)12-6-8-13(9-7-12)16(20)18-15-5-3-2-4-14(15)10-17/h2-9H,1H3,(H,18,20). The zero-order chi connectivity index (χ0) is 14.5. The van der Waals surface area contributed by atoms with Crippen molar-refractivity contribution >= 4 is 17.4 Å². The number of nitriles is 1. The van der Waals surface area contributed by atoms with Gasteiger partial charge >= 0.3 is 0 Å². The Labute approximate surface area is 116 Å². The van der Waals surface area contributed by atoms with Crippen LogP contribution < -0.4 is 5.32 Å². The summed E-state index contributed by atoms with van der Waals surface area (Å²) in [6.45, 7) is 1.47. The molecule has 0 aromatic heterocycles. The first-order valence-electron chi connectivity index (χ1n) is 6.03.